The van der Waals surface area contributed by atoms with Gasteiger partial charge in [-0.2, -0.15) is 0 Å². The van der Waals surface area contributed by atoms with Crippen molar-refractivity contribution in [2.45, 2.75) is 0 Å². The number of thiazole rings is 2. The van der Waals surface area contributed by atoms with Crippen molar-refractivity contribution in [3.8, 4) is 22.0 Å². The third kappa shape index (κ3) is 2.22. The van der Waals surface area contributed by atoms with Gasteiger partial charge in [0.05, 0.1) is 10.2 Å². The molecule has 24 heavy (non-hydrogen) atoms. The molecule has 5 rings (SSSR count). The monoisotopic (exact) mass is 411 g/mol. The van der Waals surface area contributed by atoms with Gasteiger partial charge in [-0.1, -0.05) is 40.2 Å². The minimum atomic E-state index is 0.980. The third-order valence-corrected chi connectivity index (χ3v) is 6.20. The molecule has 0 bridgehead atoms. The van der Waals surface area contributed by atoms with Crippen LogP contribution >= 0.6 is 38.6 Å². The molecule has 5 aromatic rings. The number of fused-ring (bicyclic) bond motifs is 2. The first-order valence-electron chi connectivity index (χ1n) is 7.37. The average molecular weight is 412 g/mol. The molecule has 0 N–H and O–H groups in total. The van der Waals surface area contributed by atoms with Gasteiger partial charge in [0, 0.05) is 21.6 Å². The van der Waals surface area contributed by atoms with E-state index in [-0.39, 0.29) is 0 Å². The van der Waals surface area contributed by atoms with Crippen LogP contribution in [0.4, 0.5) is 0 Å². The van der Waals surface area contributed by atoms with Crippen LogP contribution in [0.15, 0.2) is 64.6 Å². The highest BCUT2D eigenvalue weighted by atomic mass is 79.9. The third-order valence-electron chi connectivity index (χ3n) is 3.88. The van der Waals surface area contributed by atoms with Crippen molar-refractivity contribution in [3.63, 3.8) is 0 Å². The van der Waals surface area contributed by atoms with Crippen LogP contribution in [0.1, 0.15) is 0 Å². The summed E-state index contributed by atoms with van der Waals surface area (Å²) in [7, 11) is 0. The normalized spacial score (nSPS) is 11.5. The zero-order valence-corrected chi connectivity index (χ0v) is 15.5. The molecule has 0 atom stereocenters. The predicted octanol–water partition coefficient (Wildman–Crippen LogP) is 6.10. The maximum absolute atomic E-state index is 4.85. The van der Waals surface area contributed by atoms with E-state index in [1.54, 1.807) is 22.7 Å². The summed E-state index contributed by atoms with van der Waals surface area (Å²) in [5.74, 6) is 0. The Morgan fingerprint density at radius 3 is 2.62 bits per heavy atom. The van der Waals surface area contributed by atoms with E-state index in [9.17, 15) is 0 Å². The van der Waals surface area contributed by atoms with Crippen molar-refractivity contribution in [3.05, 3.63) is 64.6 Å². The molecule has 6 heteroatoms. The summed E-state index contributed by atoms with van der Waals surface area (Å²) < 4.78 is 4.40. The zero-order valence-electron chi connectivity index (χ0n) is 12.3. The molecule has 0 amide bonds. The summed E-state index contributed by atoms with van der Waals surface area (Å²) in [6.07, 6.45) is 2.07. The molecule has 0 aliphatic heterocycles. The van der Waals surface area contributed by atoms with Crippen LogP contribution in [0.5, 0.6) is 0 Å². The largest absolute Gasteiger partial charge is 0.287 e. The van der Waals surface area contributed by atoms with Gasteiger partial charge in [-0.15, -0.1) is 22.7 Å². The minimum Gasteiger partial charge on any atom is -0.287 e. The van der Waals surface area contributed by atoms with Crippen LogP contribution in [0, 0.1) is 0 Å². The second-order valence-corrected chi connectivity index (χ2v) is 8.18. The first-order chi connectivity index (χ1) is 11.8. The SMILES string of the molecule is Brc1ccc(-c2nc3sccn3c2-c2nc3ccccc3s2)cc1. The van der Waals surface area contributed by atoms with Crippen molar-refractivity contribution >= 4 is 53.8 Å². The highest BCUT2D eigenvalue weighted by Crippen LogP contribution is 2.38. The van der Waals surface area contributed by atoms with E-state index in [0.29, 0.717) is 0 Å². The Labute approximate surface area is 154 Å². The van der Waals surface area contributed by atoms with E-state index in [1.165, 1.54) is 4.70 Å². The van der Waals surface area contributed by atoms with Crippen molar-refractivity contribution in [1.29, 1.82) is 0 Å². The van der Waals surface area contributed by atoms with Crippen LogP contribution in [0.3, 0.4) is 0 Å². The van der Waals surface area contributed by atoms with Crippen LogP contribution in [-0.4, -0.2) is 14.4 Å². The minimum absolute atomic E-state index is 0.980. The Morgan fingerprint density at radius 1 is 0.958 bits per heavy atom. The summed E-state index contributed by atoms with van der Waals surface area (Å²) >= 11 is 6.85. The number of imidazole rings is 1. The molecule has 0 saturated carbocycles. The van der Waals surface area contributed by atoms with Crippen molar-refractivity contribution in [2.24, 2.45) is 0 Å². The maximum atomic E-state index is 4.85. The molecule has 0 spiro atoms. The molecular weight excluding hydrogens is 402 g/mol. The van der Waals surface area contributed by atoms with E-state index in [1.807, 2.05) is 18.2 Å². The summed E-state index contributed by atoms with van der Waals surface area (Å²) in [4.78, 5) is 10.7. The Hall–Kier alpha value is -2.02. The topological polar surface area (TPSA) is 30.2 Å². The molecule has 116 valence electrons. The Bertz CT molecular complexity index is 1140. The molecule has 0 aliphatic rings. The Balaban J connectivity index is 1.81. The molecule has 0 saturated heterocycles. The predicted molar refractivity (Wildman–Crippen MR) is 105 cm³/mol. The summed E-state index contributed by atoms with van der Waals surface area (Å²) in [5, 5.41) is 3.06. The number of hydrogen-bond acceptors (Lipinski definition) is 4. The van der Waals surface area contributed by atoms with Gasteiger partial charge in [0.15, 0.2) is 4.96 Å². The smallest absolute Gasteiger partial charge is 0.194 e. The molecular formula is C18H10BrN3S2. The van der Waals surface area contributed by atoms with Crippen LogP contribution in [0.25, 0.3) is 37.1 Å². The second-order valence-electron chi connectivity index (χ2n) is 5.36. The summed E-state index contributed by atoms with van der Waals surface area (Å²) in [6.45, 7) is 0. The van der Waals surface area contributed by atoms with Crippen molar-refractivity contribution in [2.75, 3.05) is 0 Å². The molecule has 0 radical (unpaired) electrons. The number of aromatic nitrogens is 3. The van der Waals surface area contributed by atoms with Crippen LogP contribution in [0.2, 0.25) is 0 Å². The van der Waals surface area contributed by atoms with Gasteiger partial charge >= 0.3 is 0 Å². The summed E-state index contributed by atoms with van der Waals surface area (Å²) in [6, 6.07) is 16.5. The zero-order chi connectivity index (χ0) is 16.1. The molecule has 0 fully saturated rings. The lowest BCUT2D eigenvalue weighted by Gasteiger charge is -2.01. The van der Waals surface area contributed by atoms with Crippen molar-refractivity contribution in [1.82, 2.24) is 14.4 Å². The first kappa shape index (κ1) is 14.3. The van der Waals surface area contributed by atoms with Gasteiger partial charge in [0.2, 0.25) is 0 Å². The van der Waals surface area contributed by atoms with E-state index < -0.39 is 0 Å². The second kappa shape index (κ2) is 5.51. The highest BCUT2D eigenvalue weighted by Gasteiger charge is 2.19. The maximum Gasteiger partial charge on any atom is 0.194 e. The molecule has 2 aromatic carbocycles. The highest BCUT2D eigenvalue weighted by molar-refractivity contribution is 9.10. The molecule has 0 unspecified atom stereocenters. The van der Waals surface area contributed by atoms with Gasteiger partial charge in [-0.3, -0.25) is 4.40 Å². The van der Waals surface area contributed by atoms with Gasteiger partial charge in [-0.25, -0.2) is 9.97 Å². The number of benzene rings is 2. The number of rotatable bonds is 2. The lowest BCUT2D eigenvalue weighted by atomic mass is 10.1. The number of para-hydroxylation sites is 1. The van der Waals surface area contributed by atoms with E-state index in [2.05, 4.69) is 62.2 Å². The van der Waals surface area contributed by atoms with E-state index in [0.717, 1.165) is 36.9 Å². The molecule has 3 nitrogen and oxygen atoms in total. The molecule has 3 aromatic heterocycles. The Morgan fingerprint density at radius 2 is 1.79 bits per heavy atom. The van der Waals surface area contributed by atoms with E-state index >= 15 is 0 Å². The van der Waals surface area contributed by atoms with Crippen LogP contribution in [-0.2, 0) is 0 Å². The molecule has 3 heterocycles. The number of nitrogens with zero attached hydrogens (tertiary/aromatic N) is 3. The van der Waals surface area contributed by atoms with E-state index in [4.69, 9.17) is 9.97 Å². The standard InChI is InChI=1S/C18H10BrN3S2/c19-12-7-5-11(6-8-12)15-16(22-9-10-23-18(22)21-15)17-20-13-3-1-2-4-14(13)24-17/h1-10H. The summed E-state index contributed by atoms with van der Waals surface area (Å²) in [5.41, 5.74) is 4.18. The Kier molecular flexibility index (Phi) is 3.29. The average Bonchev–Trinajstić information content (AvgIpc) is 3.28. The first-order valence-corrected chi connectivity index (χ1v) is 9.86. The van der Waals surface area contributed by atoms with Gasteiger partial charge < -0.3 is 0 Å². The number of halogens is 1. The quantitative estimate of drug-likeness (QED) is 0.351. The van der Waals surface area contributed by atoms with Gasteiger partial charge in [-0.05, 0) is 24.3 Å². The lowest BCUT2D eigenvalue weighted by Crippen LogP contribution is -1.86. The van der Waals surface area contributed by atoms with Crippen molar-refractivity contribution < 1.29 is 0 Å². The number of hydrogen-bond donors (Lipinski definition) is 0. The van der Waals surface area contributed by atoms with Gasteiger partial charge in [0.25, 0.3) is 0 Å². The van der Waals surface area contributed by atoms with Crippen LogP contribution < -0.4 is 0 Å². The molecule has 0 aliphatic carbocycles. The van der Waals surface area contributed by atoms with Gasteiger partial charge in [0.1, 0.15) is 16.4 Å². The lowest BCUT2D eigenvalue weighted by molar-refractivity contribution is 1.23. The fourth-order valence-corrected chi connectivity index (χ4v) is 4.76. The fourth-order valence-electron chi connectivity index (χ4n) is 2.77. The fraction of sp³-hybridized carbons (Fsp3) is 0.